The molecule has 0 aliphatic rings. The first-order valence-electron chi connectivity index (χ1n) is 7.51. The molecule has 3 heteroatoms. The Labute approximate surface area is 118 Å². The maximum Gasteiger partial charge on any atom is 0.117 e. The fourth-order valence-electron chi connectivity index (χ4n) is 2.77. The Kier molecular flexibility index (Phi) is 7.17. The number of nitrogens with one attached hydrogen (secondary N) is 1. The predicted molar refractivity (Wildman–Crippen MR) is 81.2 cm³/mol. The molecule has 0 spiro atoms. The standard InChI is InChI=1S/C16H30N2O/c1-5-9-16(3,13-17-10-6-2)14-18(4)12-15-8-7-11-19-15/h7-8,11,17H,5-6,9-10,12-14H2,1-4H3. The zero-order valence-electron chi connectivity index (χ0n) is 13.0. The van der Waals surface area contributed by atoms with Crippen molar-refractivity contribution in [3.8, 4) is 0 Å². The van der Waals surface area contributed by atoms with E-state index >= 15 is 0 Å². The van der Waals surface area contributed by atoms with Crippen molar-refractivity contribution < 1.29 is 4.42 Å². The maximum absolute atomic E-state index is 5.42. The molecule has 0 amide bonds. The zero-order valence-corrected chi connectivity index (χ0v) is 13.0. The Morgan fingerprint density at radius 1 is 1.32 bits per heavy atom. The summed E-state index contributed by atoms with van der Waals surface area (Å²) in [4.78, 5) is 2.36. The Morgan fingerprint density at radius 3 is 2.68 bits per heavy atom. The summed E-state index contributed by atoms with van der Waals surface area (Å²) >= 11 is 0. The first-order chi connectivity index (χ1) is 9.09. The van der Waals surface area contributed by atoms with Crippen molar-refractivity contribution in [1.82, 2.24) is 10.2 Å². The van der Waals surface area contributed by atoms with Gasteiger partial charge in [-0.3, -0.25) is 4.90 Å². The van der Waals surface area contributed by atoms with E-state index in [9.17, 15) is 0 Å². The van der Waals surface area contributed by atoms with Crippen molar-refractivity contribution in [3.63, 3.8) is 0 Å². The topological polar surface area (TPSA) is 28.4 Å². The number of hydrogen-bond acceptors (Lipinski definition) is 3. The van der Waals surface area contributed by atoms with Crippen LogP contribution in [0.2, 0.25) is 0 Å². The number of furan rings is 1. The molecule has 0 fully saturated rings. The van der Waals surface area contributed by atoms with E-state index in [0.717, 1.165) is 31.9 Å². The largest absolute Gasteiger partial charge is 0.468 e. The minimum absolute atomic E-state index is 0.339. The van der Waals surface area contributed by atoms with Crippen molar-refractivity contribution in [1.29, 1.82) is 0 Å². The summed E-state index contributed by atoms with van der Waals surface area (Å²) in [6, 6.07) is 4.00. The van der Waals surface area contributed by atoms with Crippen molar-refractivity contribution >= 4 is 0 Å². The van der Waals surface area contributed by atoms with Gasteiger partial charge in [0, 0.05) is 13.1 Å². The highest BCUT2D eigenvalue weighted by molar-refractivity contribution is 4.98. The highest BCUT2D eigenvalue weighted by atomic mass is 16.3. The van der Waals surface area contributed by atoms with Gasteiger partial charge in [-0.15, -0.1) is 0 Å². The van der Waals surface area contributed by atoms with Crippen LogP contribution < -0.4 is 5.32 Å². The van der Waals surface area contributed by atoms with Crippen LogP contribution in [0, 0.1) is 5.41 Å². The third-order valence-electron chi connectivity index (χ3n) is 3.49. The lowest BCUT2D eigenvalue weighted by Gasteiger charge is -2.34. The second-order valence-electron chi connectivity index (χ2n) is 5.99. The average Bonchev–Trinajstić information content (AvgIpc) is 2.82. The predicted octanol–water partition coefficient (Wildman–Crippen LogP) is 3.52. The smallest absolute Gasteiger partial charge is 0.117 e. The molecule has 19 heavy (non-hydrogen) atoms. The van der Waals surface area contributed by atoms with E-state index in [2.05, 4.69) is 38.0 Å². The lowest BCUT2D eigenvalue weighted by molar-refractivity contribution is 0.161. The molecule has 0 aliphatic carbocycles. The molecule has 0 saturated carbocycles. The highest BCUT2D eigenvalue weighted by Gasteiger charge is 2.24. The third kappa shape index (κ3) is 6.26. The molecule has 1 aromatic rings. The molecule has 1 unspecified atom stereocenters. The molecule has 1 heterocycles. The fraction of sp³-hybridized carbons (Fsp3) is 0.750. The maximum atomic E-state index is 5.42. The lowest BCUT2D eigenvalue weighted by atomic mass is 9.85. The summed E-state index contributed by atoms with van der Waals surface area (Å²) in [7, 11) is 2.18. The van der Waals surface area contributed by atoms with Gasteiger partial charge in [0.05, 0.1) is 12.8 Å². The van der Waals surface area contributed by atoms with E-state index in [1.54, 1.807) is 6.26 Å². The Hall–Kier alpha value is -0.800. The molecule has 0 bridgehead atoms. The molecular formula is C16H30N2O. The second-order valence-corrected chi connectivity index (χ2v) is 5.99. The van der Waals surface area contributed by atoms with Crippen molar-refractivity contribution in [3.05, 3.63) is 24.2 Å². The number of hydrogen-bond donors (Lipinski definition) is 1. The molecule has 1 rings (SSSR count). The Bertz CT molecular complexity index is 323. The van der Waals surface area contributed by atoms with Crippen LogP contribution in [-0.4, -0.2) is 31.6 Å². The van der Waals surface area contributed by atoms with Crippen molar-refractivity contribution in [2.24, 2.45) is 5.41 Å². The van der Waals surface area contributed by atoms with Crippen LogP contribution in [0.1, 0.15) is 45.8 Å². The molecular weight excluding hydrogens is 236 g/mol. The summed E-state index contributed by atoms with van der Waals surface area (Å²) < 4.78 is 5.42. The van der Waals surface area contributed by atoms with Gasteiger partial charge < -0.3 is 9.73 Å². The third-order valence-corrected chi connectivity index (χ3v) is 3.49. The van der Waals surface area contributed by atoms with Gasteiger partial charge in [-0.2, -0.15) is 0 Å². The molecule has 0 aromatic carbocycles. The van der Waals surface area contributed by atoms with Crippen LogP contribution >= 0.6 is 0 Å². The average molecular weight is 266 g/mol. The molecule has 1 aromatic heterocycles. The molecule has 1 atom stereocenters. The van der Waals surface area contributed by atoms with E-state index in [0.29, 0.717) is 5.41 Å². The van der Waals surface area contributed by atoms with Gasteiger partial charge in [-0.1, -0.05) is 27.2 Å². The van der Waals surface area contributed by atoms with Gasteiger partial charge in [0.2, 0.25) is 0 Å². The summed E-state index contributed by atoms with van der Waals surface area (Å²) in [5.74, 6) is 1.04. The van der Waals surface area contributed by atoms with Crippen LogP contribution in [0.5, 0.6) is 0 Å². The molecule has 0 saturated heterocycles. The molecule has 110 valence electrons. The van der Waals surface area contributed by atoms with Crippen molar-refractivity contribution in [2.45, 2.75) is 46.6 Å². The SMILES string of the molecule is CCCNCC(C)(CCC)CN(C)Cc1ccco1. The van der Waals surface area contributed by atoms with Crippen molar-refractivity contribution in [2.75, 3.05) is 26.7 Å². The van der Waals surface area contributed by atoms with Crippen LogP contribution in [-0.2, 0) is 6.54 Å². The summed E-state index contributed by atoms with van der Waals surface area (Å²) in [5, 5.41) is 3.57. The van der Waals surface area contributed by atoms with E-state index in [4.69, 9.17) is 4.42 Å². The van der Waals surface area contributed by atoms with Gasteiger partial charge in [0.15, 0.2) is 0 Å². The monoisotopic (exact) mass is 266 g/mol. The van der Waals surface area contributed by atoms with Crippen LogP contribution in [0.25, 0.3) is 0 Å². The van der Waals surface area contributed by atoms with E-state index < -0.39 is 0 Å². The van der Waals surface area contributed by atoms with E-state index in [1.165, 1.54) is 19.3 Å². The summed E-state index contributed by atoms with van der Waals surface area (Å²) in [6.45, 7) is 11.1. The second kappa shape index (κ2) is 8.39. The Balaban J connectivity index is 2.46. The van der Waals surface area contributed by atoms with E-state index in [-0.39, 0.29) is 0 Å². The van der Waals surface area contributed by atoms with Crippen LogP contribution in [0.15, 0.2) is 22.8 Å². The molecule has 0 radical (unpaired) electrons. The summed E-state index contributed by atoms with van der Waals surface area (Å²) in [6.07, 6.45) is 5.44. The highest BCUT2D eigenvalue weighted by Crippen LogP contribution is 2.24. The number of nitrogens with zero attached hydrogens (tertiary/aromatic N) is 1. The van der Waals surface area contributed by atoms with Gasteiger partial charge in [0.25, 0.3) is 0 Å². The first-order valence-corrected chi connectivity index (χ1v) is 7.51. The quantitative estimate of drug-likeness (QED) is 0.657. The minimum Gasteiger partial charge on any atom is -0.468 e. The van der Waals surface area contributed by atoms with Gasteiger partial charge in [0.1, 0.15) is 5.76 Å². The van der Waals surface area contributed by atoms with Crippen LogP contribution in [0.3, 0.4) is 0 Å². The lowest BCUT2D eigenvalue weighted by Crippen LogP contribution is -2.41. The molecule has 3 nitrogen and oxygen atoms in total. The molecule has 0 aliphatic heterocycles. The summed E-state index contributed by atoms with van der Waals surface area (Å²) in [5.41, 5.74) is 0.339. The Morgan fingerprint density at radius 2 is 2.11 bits per heavy atom. The minimum atomic E-state index is 0.339. The molecule has 1 N–H and O–H groups in total. The fourth-order valence-corrected chi connectivity index (χ4v) is 2.77. The van der Waals surface area contributed by atoms with E-state index in [1.807, 2.05) is 12.1 Å². The van der Waals surface area contributed by atoms with Gasteiger partial charge in [-0.05, 0) is 44.0 Å². The number of rotatable bonds is 10. The van der Waals surface area contributed by atoms with Gasteiger partial charge in [-0.25, -0.2) is 0 Å². The van der Waals surface area contributed by atoms with Crippen LogP contribution in [0.4, 0.5) is 0 Å². The van der Waals surface area contributed by atoms with Gasteiger partial charge >= 0.3 is 0 Å². The first kappa shape index (κ1) is 16.3. The zero-order chi connectivity index (χ0) is 14.1. The normalized spacial score (nSPS) is 14.8.